The first kappa shape index (κ1) is 15.1. The van der Waals surface area contributed by atoms with E-state index < -0.39 is 5.97 Å². The molecule has 0 bridgehead atoms. The van der Waals surface area contributed by atoms with Crippen LogP contribution >= 0.6 is 0 Å². The third kappa shape index (κ3) is 3.49. The van der Waals surface area contributed by atoms with Gasteiger partial charge in [-0.15, -0.1) is 0 Å². The number of carboxylic acids is 1. The van der Waals surface area contributed by atoms with Crippen molar-refractivity contribution in [3.05, 3.63) is 34.9 Å². The lowest BCUT2D eigenvalue weighted by molar-refractivity contribution is -0.138. The number of amides is 1. The van der Waals surface area contributed by atoms with Gasteiger partial charge in [-0.05, 0) is 54.7 Å². The van der Waals surface area contributed by atoms with Crippen molar-refractivity contribution in [3.8, 4) is 0 Å². The Morgan fingerprint density at radius 2 is 1.86 bits per heavy atom. The Morgan fingerprint density at radius 1 is 1.14 bits per heavy atom. The molecule has 0 radical (unpaired) electrons. The van der Waals surface area contributed by atoms with E-state index in [2.05, 4.69) is 18.2 Å². The second kappa shape index (κ2) is 6.51. The van der Waals surface area contributed by atoms with Crippen molar-refractivity contribution >= 4 is 11.9 Å². The van der Waals surface area contributed by atoms with Crippen LogP contribution in [-0.4, -0.2) is 35.0 Å². The maximum Gasteiger partial charge on any atom is 0.303 e. The predicted molar refractivity (Wildman–Crippen MR) is 83.7 cm³/mol. The Kier molecular flexibility index (Phi) is 4.46. The van der Waals surface area contributed by atoms with Gasteiger partial charge in [0.25, 0.3) is 0 Å². The van der Waals surface area contributed by atoms with Crippen molar-refractivity contribution in [2.24, 2.45) is 5.92 Å². The summed E-state index contributed by atoms with van der Waals surface area (Å²) in [5.41, 5.74) is 3.95. The summed E-state index contributed by atoms with van der Waals surface area (Å²) in [7, 11) is 0. The average Bonchev–Trinajstić information content (AvgIpc) is 2.95. The molecule has 1 aromatic carbocycles. The fourth-order valence-electron chi connectivity index (χ4n) is 3.65. The van der Waals surface area contributed by atoms with Gasteiger partial charge in [-0.1, -0.05) is 18.2 Å². The van der Waals surface area contributed by atoms with E-state index in [1.807, 2.05) is 4.90 Å². The first-order valence-corrected chi connectivity index (χ1v) is 8.22. The standard InChI is InChI=1S/C18H23NO3/c20-17(19-8-6-13(7-9-19)12-18(21)22)11-14-4-5-15-2-1-3-16(15)10-14/h4-5,10,13H,1-3,6-9,11-12H2,(H,21,22). The van der Waals surface area contributed by atoms with Gasteiger partial charge in [-0.25, -0.2) is 0 Å². The van der Waals surface area contributed by atoms with Crippen LogP contribution in [0.4, 0.5) is 0 Å². The topological polar surface area (TPSA) is 57.6 Å². The number of piperidine rings is 1. The summed E-state index contributed by atoms with van der Waals surface area (Å²) in [6, 6.07) is 6.45. The van der Waals surface area contributed by atoms with E-state index in [4.69, 9.17) is 5.11 Å². The van der Waals surface area contributed by atoms with Crippen molar-refractivity contribution in [2.75, 3.05) is 13.1 Å². The lowest BCUT2D eigenvalue weighted by Gasteiger charge is -2.31. The minimum atomic E-state index is -0.733. The molecule has 0 saturated carbocycles. The van der Waals surface area contributed by atoms with Crippen LogP contribution < -0.4 is 0 Å². The molecule has 1 N–H and O–H groups in total. The number of aryl methyl sites for hydroxylation is 2. The maximum absolute atomic E-state index is 12.4. The highest BCUT2D eigenvalue weighted by Gasteiger charge is 2.24. The molecule has 1 saturated heterocycles. The number of rotatable bonds is 4. The van der Waals surface area contributed by atoms with E-state index >= 15 is 0 Å². The summed E-state index contributed by atoms with van der Waals surface area (Å²) in [6.07, 6.45) is 5.84. The van der Waals surface area contributed by atoms with Crippen LogP contribution in [0.3, 0.4) is 0 Å². The van der Waals surface area contributed by atoms with Gasteiger partial charge in [0.15, 0.2) is 0 Å². The van der Waals surface area contributed by atoms with Crippen LogP contribution in [0.5, 0.6) is 0 Å². The highest BCUT2D eigenvalue weighted by atomic mass is 16.4. The van der Waals surface area contributed by atoms with Gasteiger partial charge in [0.2, 0.25) is 5.91 Å². The molecule has 1 heterocycles. The van der Waals surface area contributed by atoms with Crippen LogP contribution in [0.1, 0.15) is 42.4 Å². The average molecular weight is 301 g/mol. The normalized spacial score (nSPS) is 18.3. The molecule has 1 amide bonds. The van der Waals surface area contributed by atoms with Crippen LogP contribution in [0.2, 0.25) is 0 Å². The Hall–Kier alpha value is -1.84. The third-order valence-corrected chi connectivity index (χ3v) is 4.95. The predicted octanol–water partition coefficient (Wildman–Crippen LogP) is 2.43. The quantitative estimate of drug-likeness (QED) is 0.929. The molecule has 3 rings (SSSR count). The Bertz CT molecular complexity index is 574. The zero-order chi connectivity index (χ0) is 15.5. The smallest absolute Gasteiger partial charge is 0.303 e. The second-order valence-corrected chi connectivity index (χ2v) is 6.56. The molecule has 1 fully saturated rings. The molecule has 0 atom stereocenters. The molecule has 118 valence electrons. The number of likely N-dealkylation sites (tertiary alicyclic amines) is 1. The molecule has 4 nitrogen and oxygen atoms in total. The number of nitrogens with zero attached hydrogens (tertiary/aromatic N) is 1. The number of hydrogen-bond donors (Lipinski definition) is 1. The first-order chi connectivity index (χ1) is 10.6. The van der Waals surface area contributed by atoms with Crippen molar-refractivity contribution in [3.63, 3.8) is 0 Å². The number of benzene rings is 1. The molecule has 4 heteroatoms. The second-order valence-electron chi connectivity index (χ2n) is 6.56. The van der Waals surface area contributed by atoms with Gasteiger partial charge in [0.05, 0.1) is 6.42 Å². The third-order valence-electron chi connectivity index (χ3n) is 4.95. The molecule has 1 aliphatic carbocycles. The van der Waals surface area contributed by atoms with E-state index in [1.165, 1.54) is 24.0 Å². The molecule has 1 aromatic rings. The van der Waals surface area contributed by atoms with Crippen molar-refractivity contribution in [2.45, 2.75) is 44.9 Å². The molecular formula is C18H23NO3. The SMILES string of the molecule is O=C(O)CC1CCN(C(=O)Cc2ccc3c(c2)CCC3)CC1. The summed E-state index contributed by atoms with van der Waals surface area (Å²) in [5, 5.41) is 8.83. The largest absolute Gasteiger partial charge is 0.481 e. The van der Waals surface area contributed by atoms with Crippen LogP contribution in [0, 0.1) is 5.92 Å². The summed E-state index contributed by atoms with van der Waals surface area (Å²) in [5.74, 6) is -0.337. The minimum Gasteiger partial charge on any atom is -0.481 e. The lowest BCUT2D eigenvalue weighted by Crippen LogP contribution is -2.39. The highest BCUT2D eigenvalue weighted by Crippen LogP contribution is 2.24. The summed E-state index contributed by atoms with van der Waals surface area (Å²) in [6.45, 7) is 1.39. The van der Waals surface area contributed by atoms with Crippen LogP contribution in [-0.2, 0) is 28.9 Å². The lowest BCUT2D eigenvalue weighted by atomic mass is 9.93. The van der Waals surface area contributed by atoms with Crippen molar-refractivity contribution in [1.29, 1.82) is 0 Å². The number of hydrogen-bond acceptors (Lipinski definition) is 2. The van der Waals surface area contributed by atoms with Crippen molar-refractivity contribution < 1.29 is 14.7 Å². The van der Waals surface area contributed by atoms with Gasteiger partial charge in [0.1, 0.15) is 0 Å². The Labute approximate surface area is 131 Å². The monoisotopic (exact) mass is 301 g/mol. The molecule has 2 aliphatic rings. The van der Waals surface area contributed by atoms with Crippen LogP contribution in [0.15, 0.2) is 18.2 Å². The van der Waals surface area contributed by atoms with Gasteiger partial charge in [-0.2, -0.15) is 0 Å². The van der Waals surface area contributed by atoms with Gasteiger partial charge < -0.3 is 10.0 Å². The fourth-order valence-corrected chi connectivity index (χ4v) is 3.65. The summed E-state index contributed by atoms with van der Waals surface area (Å²) >= 11 is 0. The zero-order valence-corrected chi connectivity index (χ0v) is 12.9. The Morgan fingerprint density at radius 3 is 2.59 bits per heavy atom. The van der Waals surface area contributed by atoms with E-state index in [0.29, 0.717) is 19.5 Å². The van der Waals surface area contributed by atoms with Gasteiger partial charge in [0, 0.05) is 19.5 Å². The van der Waals surface area contributed by atoms with Crippen LogP contribution in [0.25, 0.3) is 0 Å². The summed E-state index contributed by atoms with van der Waals surface area (Å²) < 4.78 is 0. The maximum atomic E-state index is 12.4. The van der Waals surface area contributed by atoms with Crippen molar-refractivity contribution in [1.82, 2.24) is 4.90 Å². The summed E-state index contributed by atoms with van der Waals surface area (Å²) in [4.78, 5) is 25.0. The number of carbonyl (C=O) groups is 2. The number of carbonyl (C=O) groups excluding carboxylic acids is 1. The molecule has 0 spiro atoms. The molecule has 0 unspecified atom stereocenters. The number of carboxylic acid groups (broad SMARTS) is 1. The van der Waals surface area contributed by atoms with E-state index in [1.54, 1.807) is 0 Å². The Balaban J connectivity index is 1.53. The van der Waals surface area contributed by atoms with E-state index in [0.717, 1.165) is 24.8 Å². The fraction of sp³-hybridized carbons (Fsp3) is 0.556. The van der Waals surface area contributed by atoms with Gasteiger partial charge >= 0.3 is 5.97 Å². The van der Waals surface area contributed by atoms with E-state index in [9.17, 15) is 9.59 Å². The first-order valence-electron chi connectivity index (χ1n) is 8.22. The minimum absolute atomic E-state index is 0.173. The zero-order valence-electron chi connectivity index (χ0n) is 12.9. The molecular weight excluding hydrogens is 278 g/mol. The van der Waals surface area contributed by atoms with Gasteiger partial charge in [-0.3, -0.25) is 9.59 Å². The highest BCUT2D eigenvalue weighted by molar-refractivity contribution is 5.79. The molecule has 0 aromatic heterocycles. The molecule has 22 heavy (non-hydrogen) atoms. The number of aliphatic carboxylic acids is 1. The number of fused-ring (bicyclic) bond motifs is 1. The van der Waals surface area contributed by atoms with E-state index in [-0.39, 0.29) is 18.2 Å². The molecule has 1 aliphatic heterocycles.